The Kier molecular flexibility index (Phi) is 5.19. The Balaban J connectivity index is 2.84. The molecule has 0 unspecified atom stereocenters. The summed E-state index contributed by atoms with van der Waals surface area (Å²) in [6, 6.07) is 1.65. The number of hydrogen-bond acceptors (Lipinski definition) is 5. The van der Waals surface area contributed by atoms with Crippen LogP contribution >= 0.6 is 0 Å². The minimum Gasteiger partial charge on any atom is -0.480 e. The maximum Gasteiger partial charge on any atom is 0.323 e. The van der Waals surface area contributed by atoms with Crippen molar-refractivity contribution < 1.29 is 14.6 Å². The molecular formula is C11H17N3O3. The minimum absolute atomic E-state index is 0.108. The van der Waals surface area contributed by atoms with Gasteiger partial charge in [0.1, 0.15) is 6.54 Å². The minimum atomic E-state index is -0.899. The molecule has 0 aliphatic carbocycles. The molecule has 1 rings (SSSR count). The smallest absolute Gasteiger partial charge is 0.323 e. The van der Waals surface area contributed by atoms with Crippen LogP contribution in [0.1, 0.15) is 20.3 Å². The molecule has 1 aromatic heterocycles. The molecule has 0 amide bonds. The third kappa shape index (κ3) is 4.26. The Bertz CT molecular complexity index is 371. The molecule has 94 valence electrons. The molecule has 1 aromatic rings. The number of aromatic nitrogens is 2. The van der Waals surface area contributed by atoms with Crippen LogP contribution in [0.4, 0.5) is 5.95 Å². The normalized spacial score (nSPS) is 10.0. The summed E-state index contributed by atoms with van der Waals surface area (Å²) in [4.78, 5) is 20.6. The Hall–Kier alpha value is -1.85. The molecule has 0 aliphatic rings. The molecule has 0 saturated heterocycles. The number of nitrogens with zero attached hydrogens (tertiary/aromatic N) is 3. The highest BCUT2D eigenvalue weighted by molar-refractivity contribution is 5.72. The predicted molar refractivity (Wildman–Crippen MR) is 63.3 cm³/mol. The fraction of sp³-hybridized carbons (Fsp3) is 0.545. The van der Waals surface area contributed by atoms with Crippen molar-refractivity contribution in [3.63, 3.8) is 0 Å². The summed E-state index contributed by atoms with van der Waals surface area (Å²) in [5.41, 5.74) is 0. The third-order valence-corrected chi connectivity index (χ3v) is 2.01. The van der Waals surface area contributed by atoms with Crippen LogP contribution in [0.2, 0.25) is 0 Å². The Labute approximate surface area is 100 Å². The van der Waals surface area contributed by atoms with Crippen molar-refractivity contribution >= 4 is 11.9 Å². The van der Waals surface area contributed by atoms with E-state index in [9.17, 15) is 4.79 Å². The lowest BCUT2D eigenvalue weighted by Gasteiger charge is -2.19. The van der Waals surface area contributed by atoms with Gasteiger partial charge in [-0.3, -0.25) is 4.79 Å². The van der Waals surface area contributed by atoms with Gasteiger partial charge in [-0.2, -0.15) is 4.98 Å². The third-order valence-electron chi connectivity index (χ3n) is 2.01. The number of rotatable bonds is 7. The number of hydrogen-bond donors (Lipinski definition) is 1. The van der Waals surface area contributed by atoms with Gasteiger partial charge in [-0.15, -0.1) is 0 Å². The molecule has 0 spiro atoms. The van der Waals surface area contributed by atoms with Gasteiger partial charge < -0.3 is 14.7 Å². The lowest BCUT2D eigenvalue weighted by molar-refractivity contribution is -0.135. The summed E-state index contributed by atoms with van der Waals surface area (Å²) in [5, 5.41) is 8.82. The summed E-state index contributed by atoms with van der Waals surface area (Å²) in [6.45, 7) is 4.85. The number of carboxylic acid groups (broad SMARTS) is 1. The maximum absolute atomic E-state index is 10.7. The van der Waals surface area contributed by atoms with Crippen molar-refractivity contribution in [2.24, 2.45) is 0 Å². The van der Waals surface area contributed by atoms with E-state index < -0.39 is 5.97 Å². The molecule has 6 nitrogen and oxygen atoms in total. The molecule has 0 bridgehead atoms. The molecule has 0 fully saturated rings. The number of carboxylic acids is 1. The largest absolute Gasteiger partial charge is 0.480 e. The molecular weight excluding hydrogens is 222 g/mol. The summed E-state index contributed by atoms with van der Waals surface area (Å²) in [6.07, 6.45) is 2.40. The lowest BCUT2D eigenvalue weighted by atomic mass is 10.4. The van der Waals surface area contributed by atoms with Crippen LogP contribution in [-0.2, 0) is 4.79 Å². The van der Waals surface area contributed by atoms with E-state index in [2.05, 4.69) is 9.97 Å². The van der Waals surface area contributed by atoms with E-state index in [-0.39, 0.29) is 6.54 Å². The average Bonchev–Trinajstić information content (AvgIpc) is 2.29. The van der Waals surface area contributed by atoms with Crippen LogP contribution in [0, 0.1) is 0 Å². The standard InChI is InChI=1S/C11H17N3O3/c1-3-7-14(8-10(15)16)11-12-6-5-9(13-11)17-4-2/h5-6H,3-4,7-8H2,1-2H3,(H,15,16). The number of carbonyl (C=O) groups is 1. The van der Waals surface area contributed by atoms with Crippen LogP contribution in [-0.4, -0.2) is 40.7 Å². The molecule has 17 heavy (non-hydrogen) atoms. The SMILES string of the molecule is CCCN(CC(=O)O)c1nccc(OCC)n1. The predicted octanol–water partition coefficient (Wildman–Crippen LogP) is 1.18. The molecule has 0 saturated carbocycles. The first-order valence-corrected chi connectivity index (χ1v) is 5.60. The monoisotopic (exact) mass is 239 g/mol. The number of anilines is 1. The van der Waals surface area contributed by atoms with Gasteiger partial charge >= 0.3 is 5.97 Å². The quantitative estimate of drug-likeness (QED) is 0.770. The molecule has 0 radical (unpaired) electrons. The molecule has 0 aliphatic heterocycles. The van der Waals surface area contributed by atoms with E-state index >= 15 is 0 Å². The van der Waals surface area contributed by atoms with Crippen molar-refractivity contribution in [1.82, 2.24) is 9.97 Å². The van der Waals surface area contributed by atoms with Crippen molar-refractivity contribution in [1.29, 1.82) is 0 Å². The summed E-state index contributed by atoms with van der Waals surface area (Å²) in [7, 11) is 0. The van der Waals surface area contributed by atoms with Crippen molar-refractivity contribution in [2.75, 3.05) is 24.6 Å². The summed E-state index contributed by atoms with van der Waals surface area (Å²) in [5.74, 6) is -0.0481. The van der Waals surface area contributed by atoms with Gasteiger partial charge in [0.2, 0.25) is 11.8 Å². The molecule has 0 atom stereocenters. The van der Waals surface area contributed by atoms with Crippen LogP contribution in [0.25, 0.3) is 0 Å². The van der Waals surface area contributed by atoms with Crippen molar-refractivity contribution in [3.05, 3.63) is 12.3 Å². The Morgan fingerprint density at radius 2 is 2.29 bits per heavy atom. The van der Waals surface area contributed by atoms with E-state index in [4.69, 9.17) is 9.84 Å². The van der Waals surface area contributed by atoms with Gasteiger partial charge in [0.05, 0.1) is 6.61 Å². The highest BCUT2D eigenvalue weighted by Crippen LogP contribution is 2.12. The second-order valence-corrected chi connectivity index (χ2v) is 3.44. The highest BCUT2D eigenvalue weighted by atomic mass is 16.5. The van der Waals surface area contributed by atoms with Gasteiger partial charge in [-0.25, -0.2) is 4.98 Å². The topological polar surface area (TPSA) is 75.6 Å². The number of ether oxygens (including phenoxy) is 1. The first kappa shape index (κ1) is 13.2. The average molecular weight is 239 g/mol. The summed E-state index contributed by atoms with van der Waals surface area (Å²) >= 11 is 0. The Morgan fingerprint density at radius 1 is 1.53 bits per heavy atom. The molecule has 6 heteroatoms. The Morgan fingerprint density at radius 3 is 2.88 bits per heavy atom. The molecule has 1 N–H and O–H groups in total. The van der Waals surface area contributed by atoms with E-state index in [1.807, 2.05) is 13.8 Å². The van der Waals surface area contributed by atoms with Gasteiger partial charge in [-0.05, 0) is 13.3 Å². The highest BCUT2D eigenvalue weighted by Gasteiger charge is 2.13. The van der Waals surface area contributed by atoms with E-state index in [1.165, 1.54) is 0 Å². The summed E-state index contributed by atoms with van der Waals surface area (Å²) < 4.78 is 5.25. The lowest BCUT2D eigenvalue weighted by Crippen LogP contribution is -2.31. The number of aliphatic carboxylic acids is 1. The van der Waals surface area contributed by atoms with E-state index in [1.54, 1.807) is 17.2 Å². The molecule has 1 heterocycles. The van der Waals surface area contributed by atoms with Crippen LogP contribution in [0.15, 0.2) is 12.3 Å². The zero-order chi connectivity index (χ0) is 12.7. The molecule has 0 aromatic carbocycles. The fourth-order valence-electron chi connectivity index (χ4n) is 1.40. The first-order chi connectivity index (χ1) is 8.17. The zero-order valence-electron chi connectivity index (χ0n) is 10.1. The van der Waals surface area contributed by atoms with Crippen LogP contribution in [0.5, 0.6) is 5.88 Å². The maximum atomic E-state index is 10.7. The van der Waals surface area contributed by atoms with E-state index in [0.29, 0.717) is 25.0 Å². The van der Waals surface area contributed by atoms with Crippen molar-refractivity contribution in [3.8, 4) is 5.88 Å². The van der Waals surface area contributed by atoms with Crippen LogP contribution < -0.4 is 9.64 Å². The van der Waals surface area contributed by atoms with Crippen molar-refractivity contribution in [2.45, 2.75) is 20.3 Å². The van der Waals surface area contributed by atoms with Gasteiger partial charge in [0, 0.05) is 18.8 Å². The van der Waals surface area contributed by atoms with E-state index in [0.717, 1.165) is 6.42 Å². The second kappa shape index (κ2) is 6.67. The zero-order valence-corrected chi connectivity index (χ0v) is 10.1. The fourth-order valence-corrected chi connectivity index (χ4v) is 1.40. The van der Waals surface area contributed by atoms with Gasteiger partial charge in [0.15, 0.2) is 0 Å². The van der Waals surface area contributed by atoms with Gasteiger partial charge in [-0.1, -0.05) is 6.92 Å². The second-order valence-electron chi connectivity index (χ2n) is 3.44. The van der Waals surface area contributed by atoms with Gasteiger partial charge in [0.25, 0.3) is 0 Å². The van der Waals surface area contributed by atoms with Crippen LogP contribution in [0.3, 0.4) is 0 Å². The first-order valence-electron chi connectivity index (χ1n) is 5.60.